The third-order valence-corrected chi connectivity index (χ3v) is 6.16. The number of fused-ring (bicyclic) bond motifs is 1. The van der Waals surface area contributed by atoms with Crippen LogP contribution in [0, 0.1) is 5.92 Å². The molecule has 0 spiro atoms. The van der Waals surface area contributed by atoms with Gasteiger partial charge in [-0.3, -0.25) is 19.3 Å². The zero-order valence-corrected chi connectivity index (χ0v) is 18.7. The van der Waals surface area contributed by atoms with E-state index in [1.165, 1.54) is 0 Å². The molecule has 0 saturated carbocycles. The molecule has 33 heavy (non-hydrogen) atoms. The summed E-state index contributed by atoms with van der Waals surface area (Å²) in [4.78, 5) is 40.1. The van der Waals surface area contributed by atoms with Gasteiger partial charge in [0, 0.05) is 31.0 Å². The van der Waals surface area contributed by atoms with Gasteiger partial charge in [0.25, 0.3) is 11.8 Å². The normalized spacial score (nSPS) is 17.2. The number of nitrogens with one attached hydrogen (secondary N) is 1. The van der Waals surface area contributed by atoms with Crippen LogP contribution in [-0.2, 0) is 9.53 Å². The number of imide groups is 1. The van der Waals surface area contributed by atoms with E-state index < -0.39 is 6.10 Å². The van der Waals surface area contributed by atoms with Crippen LogP contribution in [0.15, 0.2) is 48.5 Å². The Morgan fingerprint density at radius 3 is 2.24 bits per heavy atom. The molecule has 0 aliphatic carbocycles. The van der Waals surface area contributed by atoms with E-state index in [-0.39, 0.29) is 36.8 Å². The quantitative estimate of drug-likeness (QED) is 0.470. The summed E-state index contributed by atoms with van der Waals surface area (Å²) in [7, 11) is 0. The Kier molecular flexibility index (Phi) is 6.93. The third-order valence-electron chi connectivity index (χ3n) is 6.16. The summed E-state index contributed by atoms with van der Waals surface area (Å²) in [5.74, 6) is -0.862. The van der Waals surface area contributed by atoms with Crippen molar-refractivity contribution in [2.75, 3.05) is 43.0 Å². The highest BCUT2D eigenvalue weighted by Crippen LogP contribution is 2.26. The number of nitrogens with zero attached hydrogens (tertiary/aromatic N) is 2. The van der Waals surface area contributed by atoms with Crippen molar-refractivity contribution in [1.29, 1.82) is 0 Å². The second kappa shape index (κ2) is 10.0. The number of amides is 2. The van der Waals surface area contributed by atoms with E-state index in [2.05, 4.69) is 10.2 Å². The topological polar surface area (TPSA) is 99.2 Å². The maximum absolute atomic E-state index is 12.4. The lowest BCUT2D eigenvalue weighted by molar-refractivity contribution is -0.148. The molecule has 174 valence electrons. The summed E-state index contributed by atoms with van der Waals surface area (Å²) in [6.07, 6.45) is 0.667. The molecule has 8 heteroatoms. The van der Waals surface area contributed by atoms with Crippen molar-refractivity contribution in [3.63, 3.8) is 0 Å². The molecule has 0 bridgehead atoms. The molecule has 0 radical (unpaired) electrons. The van der Waals surface area contributed by atoms with Gasteiger partial charge < -0.3 is 20.1 Å². The minimum Gasteiger partial charge on any atom is -0.466 e. The van der Waals surface area contributed by atoms with Gasteiger partial charge in [-0.05, 0) is 56.2 Å². The van der Waals surface area contributed by atoms with Crippen molar-refractivity contribution >= 4 is 29.2 Å². The molecule has 2 amide bonds. The number of aliphatic hydroxyl groups excluding tert-OH is 1. The molecule has 0 unspecified atom stereocenters. The fraction of sp³-hybridized carbons (Fsp3) is 0.400. The zero-order valence-electron chi connectivity index (χ0n) is 18.7. The van der Waals surface area contributed by atoms with Gasteiger partial charge in [-0.1, -0.05) is 12.1 Å². The molecule has 2 heterocycles. The fourth-order valence-electron chi connectivity index (χ4n) is 4.34. The van der Waals surface area contributed by atoms with E-state index in [4.69, 9.17) is 4.74 Å². The molecule has 1 saturated heterocycles. The number of β-amino-alcohol motifs (C(OH)–C–C–N with tert-alkyl or cyclic N) is 1. The smallest absolute Gasteiger partial charge is 0.309 e. The SMILES string of the molecule is CCOC(=O)C1CCN(c2ccc(NC[C@@H](O)CN3C(=O)c4ccccc4C3=O)cc2)CC1. The molecule has 2 aliphatic rings. The van der Waals surface area contributed by atoms with E-state index in [1.54, 1.807) is 24.3 Å². The standard InChI is InChI=1S/C25H29N3O5/c1-2-33-25(32)17-11-13-27(14-12-17)19-9-7-18(8-10-19)26-15-20(29)16-28-23(30)21-5-3-4-6-22(21)24(28)31/h3-10,17,20,26,29H,2,11-16H2,1H3/t20-/m1/s1. The number of benzene rings is 2. The minimum atomic E-state index is -0.895. The number of rotatable bonds is 8. The molecule has 2 aromatic rings. The molecule has 1 atom stereocenters. The first-order valence-electron chi connectivity index (χ1n) is 11.4. The van der Waals surface area contributed by atoms with Crippen LogP contribution in [0.1, 0.15) is 40.5 Å². The predicted molar refractivity (Wildman–Crippen MR) is 124 cm³/mol. The van der Waals surface area contributed by atoms with Crippen molar-refractivity contribution in [2.24, 2.45) is 5.92 Å². The Labute approximate surface area is 193 Å². The van der Waals surface area contributed by atoms with Crippen molar-refractivity contribution in [3.8, 4) is 0 Å². The van der Waals surface area contributed by atoms with Gasteiger partial charge in [0.1, 0.15) is 0 Å². The maximum Gasteiger partial charge on any atom is 0.309 e. The lowest BCUT2D eigenvalue weighted by atomic mass is 9.96. The molecule has 2 N–H and O–H groups in total. The number of aliphatic hydroxyl groups is 1. The van der Waals surface area contributed by atoms with Crippen LogP contribution in [0.25, 0.3) is 0 Å². The minimum absolute atomic E-state index is 0.0224. The van der Waals surface area contributed by atoms with E-state index in [9.17, 15) is 19.5 Å². The van der Waals surface area contributed by atoms with E-state index in [0.717, 1.165) is 42.2 Å². The van der Waals surface area contributed by atoms with Crippen LogP contribution >= 0.6 is 0 Å². The average Bonchev–Trinajstić information content (AvgIpc) is 3.08. The second-order valence-corrected chi connectivity index (χ2v) is 8.36. The number of hydrogen-bond acceptors (Lipinski definition) is 7. The monoisotopic (exact) mass is 451 g/mol. The van der Waals surface area contributed by atoms with Crippen molar-refractivity contribution in [3.05, 3.63) is 59.7 Å². The molecule has 0 aromatic heterocycles. The van der Waals surface area contributed by atoms with Gasteiger partial charge in [-0.15, -0.1) is 0 Å². The average molecular weight is 452 g/mol. The van der Waals surface area contributed by atoms with Gasteiger partial charge in [0.15, 0.2) is 0 Å². The largest absolute Gasteiger partial charge is 0.466 e. The fourth-order valence-corrected chi connectivity index (χ4v) is 4.34. The molecular weight excluding hydrogens is 422 g/mol. The van der Waals surface area contributed by atoms with Crippen LogP contribution in [-0.4, -0.2) is 66.7 Å². The Balaban J connectivity index is 1.25. The van der Waals surface area contributed by atoms with Gasteiger partial charge in [-0.25, -0.2) is 0 Å². The predicted octanol–water partition coefficient (Wildman–Crippen LogP) is 2.54. The number of ether oxygens (including phenoxy) is 1. The van der Waals surface area contributed by atoms with Crippen molar-refractivity contribution < 1.29 is 24.2 Å². The highest BCUT2D eigenvalue weighted by atomic mass is 16.5. The van der Waals surface area contributed by atoms with Gasteiger partial charge >= 0.3 is 5.97 Å². The highest BCUT2D eigenvalue weighted by Gasteiger charge is 2.36. The van der Waals surface area contributed by atoms with Crippen LogP contribution < -0.4 is 10.2 Å². The number of carbonyl (C=O) groups is 3. The molecular formula is C25H29N3O5. The van der Waals surface area contributed by atoms with Gasteiger partial charge in [0.05, 0.1) is 36.3 Å². The van der Waals surface area contributed by atoms with Gasteiger partial charge in [-0.2, -0.15) is 0 Å². The second-order valence-electron chi connectivity index (χ2n) is 8.36. The number of carbonyl (C=O) groups excluding carboxylic acids is 3. The summed E-state index contributed by atoms with van der Waals surface area (Å²) < 4.78 is 5.13. The lowest BCUT2D eigenvalue weighted by Crippen LogP contribution is -2.39. The van der Waals surface area contributed by atoms with Crippen LogP contribution in [0.4, 0.5) is 11.4 Å². The van der Waals surface area contributed by atoms with Crippen molar-refractivity contribution in [2.45, 2.75) is 25.9 Å². The van der Waals surface area contributed by atoms with Crippen LogP contribution in [0.5, 0.6) is 0 Å². The summed E-state index contributed by atoms with van der Waals surface area (Å²) in [5, 5.41) is 13.6. The molecule has 2 aliphatic heterocycles. The Morgan fingerprint density at radius 2 is 1.67 bits per heavy atom. The van der Waals surface area contributed by atoms with Crippen LogP contribution in [0.3, 0.4) is 0 Å². The summed E-state index contributed by atoms with van der Waals surface area (Å²) in [5.41, 5.74) is 2.67. The first kappa shape index (κ1) is 22.8. The summed E-state index contributed by atoms with van der Waals surface area (Å²) in [6.45, 7) is 3.99. The van der Waals surface area contributed by atoms with Crippen molar-refractivity contribution in [1.82, 2.24) is 4.90 Å². The first-order chi connectivity index (χ1) is 16.0. The zero-order chi connectivity index (χ0) is 23.4. The Morgan fingerprint density at radius 1 is 1.06 bits per heavy atom. The lowest BCUT2D eigenvalue weighted by Gasteiger charge is -2.32. The first-order valence-corrected chi connectivity index (χ1v) is 11.4. The number of anilines is 2. The Hall–Kier alpha value is -3.39. The number of hydrogen-bond donors (Lipinski definition) is 2. The maximum atomic E-state index is 12.4. The van der Waals surface area contributed by atoms with Crippen LogP contribution in [0.2, 0.25) is 0 Å². The Bertz CT molecular complexity index is 980. The van der Waals surface area contributed by atoms with E-state index >= 15 is 0 Å². The summed E-state index contributed by atoms with van der Waals surface area (Å²) in [6, 6.07) is 14.6. The molecule has 1 fully saturated rings. The number of piperidine rings is 1. The molecule has 4 rings (SSSR count). The highest BCUT2D eigenvalue weighted by molar-refractivity contribution is 6.21. The molecule has 8 nitrogen and oxygen atoms in total. The van der Waals surface area contributed by atoms with Gasteiger partial charge in [0.2, 0.25) is 0 Å². The third kappa shape index (κ3) is 5.01. The molecule has 2 aromatic carbocycles. The summed E-state index contributed by atoms with van der Waals surface area (Å²) >= 11 is 0. The van der Waals surface area contributed by atoms with E-state index in [1.807, 2.05) is 31.2 Å². The van der Waals surface area contributed by atoms with E-state index in [0.29, 0.717) is 17.7 Å². The number of esters is 1.